The highest BCUT2D eigenvalue weighted by atomic mass is 16.5. The van der Waals surface area contributed by atoms with Crippen molar-refractivity contribution in [3.8, 4) is 5.75 Å². The summed E-state index contributed by atoms with van der Waals surface area (Å²) in [5.74, 6) is 1.09. The van der Waals surface area contributed by atoms with Gasteiger partial charge in [0.15, 0.2) is 5.82 Å². The van der Waals surface area contributed by atoms with Crippen LogP contribution in [-0.4, -0.2) is 66.0 Å². The number of carbonyl (C=O) groups excluding carboxylic acids is 1. The Kier molecular flexibility index (Phi) is 6.17. The van der Waals surface area contributed by atoms with E-state index in [2.05, 4.69) is 9.97 Å². The fraction of sp³-hybridized carbons (Fsp3) is 0.409. The summed E-state index contributed by atoms with van der Waals surface area (Å²) in [7, 11) is 3.97. The van der Waals surface area contributed by atoms with Gasteiger partial charge in [0.1, 0.15) is 12.4 Å². The van der Waals surface area contributed by atoms with Gasteiger partial charge in [-0.15, -0.1) is 0 Å². The molecule has 1 aromatic carbocycles. The molecule has 1 amide bonds. The van der Waals surface area contributed by atoms with Crippen LogP contribution in [0.3, 0.4) is 0 Å². The van der Waals surface area contributed by atoms with E-state index in [-0.39, 0.29) is 5.91 Å². The Labute approximate surface area is 172 Å². The van der Waals surface area contributed by atoms with Crippen LogP contribution in [0.2, 0.25) is 0 Å². The SMILES string of the molecule is Cc1nc(C2=C(N)CN(C(=O)c3ccccc3OCCN(C)C)C2)nc(C)c1C. The summed E-state index contributed by atoms with van der Waals surface area (Å²) in [6, 6.07) is 7.33. The summed E-state index contributed by atoms with van der Waals surface area (Å²) in [5.41, 5.74) is 11.2. The Hall–Kier alpha value is -2.93. The number of carbonyl (C=O) groups is 1. The van der Waals surface area contributed by atoms with Gasteiger partial charge in [0.05, 0.1) is 18.7 Å². The summed E-state index contributed by atoms with van der Waals surface area (Å²) < 4.78 is 5.85. The molecule has 154 valence electrons. The predicted molar refractivity (Wildman–Crippen MR) is 114 cm³/mol. The van der Waals surface area contributed by atoms with Crippen molar-refractivity contribution in [1.29, 1.82) is 0 Å². The number of nitrogens with two attached hydrogens (primary N) is 1. The number of hydrogen-bond donors (Lipinski definition) is 1. The van der Waals surface area contributed by atoms with Gasteiger partial charge < -0.3 is 20.3 Å². The number of rotatable bonds is 6. The van der Waals surface area contributed by atoms with Crippen LogP contribution in [0.1, 0.15) is 33.1 Å². The minimum atomic E-state index is -0.107. The molecule has 2 aromatic rings. The van der Waals surface area contributed by atoms with Crippen LogP contribution < -0.4 is 10.5 Å². The smallest absolute Gasteiger partial charge is 0.258 e. The topological polar surface area (TPSA) is 84.6 Å². The molecule has 0 atom stereocenters. The predicted octanol–water partition coefficient (Wildman–Crippen LogP) is 2.17. The average molecular weight is 396 g/mol. The second-order valence-electron chi connectivity index (χ2n) is 7.66. The Morgan fingerprint density at radius 1 is 1.14 bits per heavy atom. The van der Waals surface area contributed by atoms with E-state index in [1.165, 1.54) is 0 Å². The van der Waals surface area contributed by atoms with E-state index in [0.29, 0.717) is 42.5 Å². The zero-order valence-electron chi connectivity index (χ0n) is 17.8. The highest BCUT2D eigenvalue weighted by Crippen LogP contribution is 2.27. The van der Waals surface area contributed by atoms with Crippen molar-refractivity contribution in [3.63, 3.8) is 0 Å². The molecule has 29 heavy (non-hydrogen) atoms. The number of aromatic nitrogens is 2. The molecule has 7 nitrogen and oxygen atoms in total. The average Bonchev–Trinajstić information content (AvgIpc) is 3.07. The minimum absolute atomic E-state index is 0.107. The number of para-hydroxylation sites is 1. The van der Waals surface area contributed by atoms with Crippen molar-refractivity contribution in [3.05, 3.63) is 58.3 Å². The Bertz CT molecular complexity index is 929. The minimum Gasteiger partial charge on any atom is -0.491 e. The number of benzene rings is 1. The molecule has 0 aliphatic carbocycles. The summed E-state index contributed by atoms with van der Waals surface area (Å²) >= 11 is 0. The lowest BCUT2D eigenvalue weighted by molar-refractivity contribution is 0.0794. The van der Waals surface area contributed by atoms with E-state index in [1.807, 2.05) is 58.0 Å². The summed E-state index contributed by atoms with van der Waals surface area (Å²) in [6.45, 7) is 7.96. The van der Waals surface area contributed by atoms with Crippen LogP contribution >= 0.6 is 0 Å². The Morgan fingerprint density at radius 2 is 1.79 bits per heavy atom. The summed E-state index contributed by atoms with van der Waals surface area (Å²) in [5, 5.41) is 0. The lowest BCUT2D eigenvalue weighted by Crippen LogP contribution is -2.30. The third-order valence-electron chi connectivity index (χ3n) is 5.20. The quantitative estimate of drug-likeness (QED) is 0.807. The van der Waals surface area contributed by atoms with Crippen LogP contribution in [0.25, 0.3) is 5.57 Å². The number of likely N-dealkylation sites (N-methyl/N-ethyl adjacent to an activating group) is 1. The van der Waals surface area contributed by atoms with Crippen LogP contribution in [0.4, 0.5) is 0 Å². The molecular formula is C22H29N5O2. The first-order valence-electron chi connectivity index (χ1n) is 9.73. The summed E-state index contributed by atoms with van der Waals surface area (Å²) in [6.07, 6.45) is 0. The lowest BCUT2D eigenvalue weighted by Gasteiger charge is -2.19. The van der Waals surface area contributed by atoms with Gasteiger partial charge in [-0.2, -0.15) is 0 Å². The second-order valence-corrected chi connectivity index (χ2v) is 7.66. The molecule has 7 heteroatoms. The van der Waals surface area contributed by atoms with E-state index < -0.39 is 0 Å². The number of ether oxygens (including phenoxy) is 1. The van der Waals surface area contributed by atoms with E-state index in [4.69, 9.17) is 10.5 Å². The molecule has 0 fully saturated rings. The van der Waals surface area contributed by atoms with Gasteiger partial charge in [0, 0.05) is 29.2 Å². The third kappa shape index (κ3) is 4.56. The van der Waals surface area contributed by atoms with E-state index in [9.17, 15) is 4.79 Å². The number of hydrogen-bond acceptors (Lipinski definition) is 6. The molecule has 0 spiro atoms. The Balaban J connectivity index is 1.78. The van der Waals surface area contributed by atoms with Crippen LogP contribution in [-0.2, 0) is 0 Å². The van der Waals surface area contributed by atoms with E-state index >= 15 is 0 Å². The van der Waals surface area contributed by atoms with Gasteiger partial charge in [-0.25, -0.2) is 9.97 Å². The Morgan fingerprint density at radius 3 is 2.45 bits per heavy atom. The number of nitrogens with zero attached hydrogens (tertiary/aromatic N) is 4. The third-order valence-corrected chi connectivity index (χ3v) is 5.20. The summed E-state index contributed by atoms with van der Waals surface area (Å²) in [4.78, 5) is 26.1. The first-order valence-corrected chi connectivity index (χ1v) is 9.73. The van der Waals surface area contributed by atoms with Crippen LogP contribution in [0.5, 0.6) is 5.75 Å². The molecule has 0 bridgehead atoms. The lowest BCUT2D eigenvalue weighted by atomic mass is 10.1. The fourth-order valence-corrected chi connectivity index (χ4v) is 3.19. The number of aryl methyl sites for hydroxylation is 2. The monoisotopic (exact) mass is 395 g/mol. The molecule has 2 heterocycles. The maximum absolute atomic E-state index is 13.2. The van der Waals surface area contributed by atoms with Crippen molar-refractivity contribution >= 4 is 11.5 Å². The van der Waals surface area contributed by atoms with Gasteiger partial charge in [-0.1, -0.05) is 12.1 Å². The first-order chi connectivity index (χ1) is 13.8. The van der Waals surface area contributed by atoms with Crippen LogP contribution in [0.15, 0.2) is 30.0 Å². The van der Waals surface area contributed by atoms with E-state index in [0.717, 1.165) is 29.1 Å². The maximum Gasteiger partial charge on any atom is 0.258 e. The van der Waals surface area contributed by atoms with Crippen molar-refractivity contribution in [2.24, 2.45) is 5.73 Å². The molecular weight excluding hydrogens is 366 g/mol. The molecule has 0 saturated heterocycles. The van der Waals surface area contributed by atoms with Crippen molar-refractivity contribution in [2.75, 3.05) is 40.3 Å². The standard InChI is InChI=1S/C22H29N5O2/c1-14-15(2)24-21(25-16(14)3)18-12-27(13-19(18)23)22(28)17-8-6-7-9-20(17)29-11-10-26(4)5/h6-9H,10-13,23H2,1-5H3. The van der Waals surface area contributed by atoms with Gasteiger partial charge in [-0.05, 0) is 52.6 Å². The molecule has 0 saturated carbocycles. The van der Waals surface area contributed by atoms with Gasteiger partial charge in [-0.3, -0.25) is 4.79 Å². The normalized spacial score (nSPS) is 14.1. The van der Waals surface area contributed by atoms with Gasteiger partial charge in [0.25, 0.3) is 5.91 Å². The molecule has 3 rings (SSSR count). The van der Waals surface area contributed by atoms with Crippen LogP contribution in [0, 0.1) is 20.8 Å². The molecule has 0 radical (unpaired) electrons. The zero-order valence-corrected chi connectivity index (χ0v) is 17.8. The van der Waals surface area contributed by atoms with Crippen molar-refractivity contribution in [1.82, 2.24) is 19.8 Å². The molecule has 1 aliphatic rings. The molecule has 2 N–H and O–H groups in total. The van der Waals surface area contributed by atoms with E-state index in [1.54, 1.807) is 11.0 Å². The molecule has 1 aromatic heterocycles. The zero-order chi connectivity index (χ0) is 21.1. The maximum atomic E-state index is 13.2. The first kappa shape index (κ1) is 20.8. The van der Waals surface area contributed by atoms with Crippen molar-refractivity contribution in [2.45, 2.75) is 20.8 Å². The largest absolute Gasteiger partial charge is 0.491 e. The molecule has 1 aliphatic heterocycles. The highest BCUT2D eigenvalue weighted by Gasteiger charge is 2.29. The second kappa shape index (κ2) is 8.61. The fourth-order valence-electron chi connectivity index (χ4n) is 3.19. The van der Waals surface area contributed by atoms with Gasteiger partial charge in [0.2, 0.25) is 0 Å². The van der Waals surface area contributed by atoms with Crippen molar-refractivity contribution < 1.29 is 9.53 Å². The van der Waals surface area contributed by atoms with Gasteiger partial charge >= 0.3 is 0 Å². The number of amides is 1. The highest BCUT2D eigenvalue weighted by molar-refractivity contribution is 5.98. The molecule has 0 unspecified atom stereocenters.